The van der Waals surface area contributed by atoms with E-state index in [-0.39, 0.29) is 28.7 Å². The third-order valence-corrected chi connectivity index (χ3v) is 12.1. The highest BCUT2D eigenvalue weighted by Gasteiger charge is 2.47. The molecule has 2 N–H and O–H groups in total. The Morgan fingerprint density at radius 1 is 0.661 bits per heavy atom. The van der Waals surface area contributed by atoms with Crippen molar-refractivity contribution in [3.63, 3.8) is 0 Å². The summed E-state index contributed by atoms with van der Waals surface area (Å²) in [5, 5.41) is 13.7. The first-order valence-corrected chi connectivity index (χ1v) is 20.9. The van der Waals surface area contributed by atoms with Crippen LogP contribution in [0.25, 0.3) is 0 Å². The fourth-order valence-corrected chi connectivity index (χ4v) is 8.02. The Labute approximate surface area is 329 Å². The van der Waals surface area contributed by atoms with Crippen LogP contribution in [0.2, 0.25) is 0 Å². The molecule has 0 spiro atoms. The molecule has 16 nitrogen and oxygen atoms in total. The Balaban J connectivity index is 0.000000265. The molecule has 6 rings (SSSR count). The van der Waals surface area contributed by atoms with Crippen molar-refractivity contribution in [3.05, 3.63) is 83.2 Å². The fraction of sp³-hybridized carbons (Fsp3) is 0.526. The number of primary sulfonamides is 1. The average Bonchev–Trinajstić information content (AvgIpc) is 3.77. The summed E-state index contributed by atoms with van der Waals surface area (Å²) in [6.45, 7) is 13.5. The van der Waals surface area contributed by atoms with Gasteiger partial charge in [-0.05, 0) is 76.9 Å². The van der Waals surface area contributed by atoms with E-state index >= 15 is 0 Å². The minimum atomic E-state index is -4.00. The van der Waals surface area contributed by atoms with Crippen molar-refractivity contribution < 1.29 is 45.3 Å². The van der Waals surface area contributed by atoms with Crippen LogP contribution in [0.3, 0.4) is 0 Å². The summed E-state index contributed by atoms with van der Waals surface area (Å²) in [4.78, 5) is 0. The molecule has 4 heterocycles. The average molecular weight is 819 g/mol. The van der Waals surface area contributed by atoms with Gasteiger partial charge in [0.1, 0.15) is 11.5 Å². The summed E-state index contributed by atoms with van der Waals surface area (Å²) in [5.74, 6) is 1.41. The number of methoxy groups -OCH3 is 4. The lowest BCUT2D eigenvalue weighted by molar-refractivity contribution is -0.207. The maximum atomic E-state index is 14.1. The Morgan fingerprint density at radius 3 is 1.30 bits per heavy atom. The molecule has 56 heavy (non-hydrogen) atoms. The molecule has 2 aliphatic heterocycles. The van der Waals surface area contributed by atoms with Crippen molar-refractivity contribution in [2.24, 2.45) is 5.14 Å². The number of hydrogen-bond acceptors (Lipinski definition) is 12. The molecule has 2 aromatic heterocycles. The summed E-state index contributed by atoms with van der Waals surface area (Å²) >= 11 is 0. The lowest BCUT2D eigenvalue weighted by Gasteiger charge is -2.41. The van der Waals surface area contributed by atoms with Gasteiger partial charge in [0, 0.05) is 39.4 Å². The SMILES string of the molecule is COC1(c2cc(S(N)(=O)=O)nn2C(C)(C)C)COC1.COc1ccc(CN(Cc2ccc(OC)cc2)S(=O)(=O)c2cc(C3(OC)COC3)n(C(C)(C)C)n2)cc1. The van der Waals surface area contributed by atoms with Crippen LogP contribution in [0, 0.1) is 0 Å². The number of nitrogens with two attached hydrogens (primary N) is 1. The monoisotopic (exact) mass is 818 g/mol. The normalized spacial score (nSPS) is 16.7. The van der Waals surface area contributed by atoms with E-state index in [2.05, 4.69) is 10.2 Å². The molecule has 2 aromatic carbocycles. The first-order chi connectivity index (χ1) is 26.1. The summed E-state index contributed by atoms with van der Waals surface area (Å²) < 4.78 is 88.5. The smallest absolute Gasteiger partial charge is 0.263 e. The molecule has 0 unspecified atom stereocenters. The van der Waals surface area contributed by atoms with E-state index in [0.29, 0.717) is 49.3 Å². The van der Waals surface area contributed by atoms with E-state index in [1.807, 2.05) is 90.1 Å². The number of sulfonamides is 2. The van der Waals surface area contributed by atoms with Crippen molar-refractivity contribution in [1.29, 1.82) is 0 Å². The highest BCUT2D eigenvalue weighted by Crippen LogP contribution is 2.38. The van der Waals surface area contributed by atoms with E-state index in [1.165, 1.54) is 10.4 Å². The van der Waals surface area contributed by atoms with E-state index in [4.69, 9.17) is 33.6 Å². The Morgan fingerprint density at radius 2 is 1.02 bits per heavy atom. The molecule has 18 heteroatoms. The molecule has 308 valence electrons. The summed E-state index contributed by atoms with van der Waals surface area (Å²) in [7, 11) is -1.48. The van der Waals surface area contributed by atoms with Gasteiger partial charge in [-0.25, -0.2) is 22.0 Å². The first-order valence-electron chi connectivity index (χ1n) is 17.9. The van der Waals surface area contributed by atoms with E-state index in [1.54, 1.807) is 43.9 Å². The maximum Gasteiger partial charge on any atom is 0.263 e. The molecular formula is C38H54N6O10S2. The first kappa shape index (κ1) is 43.2. The summed E-state index contributed by atoms with van der Waals surface area (Å²) in [6.07, 6.45) is 0. The predicted molar refractivity (Wildman–Crippen MR) is 207 cm³/mol. The fourth-order valence-electron chi connectivity index (χ4n) is 6.20. The summed E-state index contributed by atoms with van der Waals surface area (Å²) in [6, 6.07) is 17.8. The van der Waals surface area contributed by atoms with E-state index in [0.717, 1.165) is 11.1 Å². The second-order valence-electron chi connectivity index (χ2n) is 15.8. The molecule has 0 bridgehead atoms. The molecular weight excluding hydrogens is 765 g/mol. The van der Waals surface area contributed by atoms with E-state index in [9.17, 15) is 16.8 Å². The zero-order chi connectivity index (χ0) is 41.3. The van der Waals surface area contributed by atoms with Gasteiger partial charge in [-0.2, -0.15) is 14.5 Å². The van der Waals surface area contributed by atoms with Crippen LogP contribution >= 0.6 is 0 Å². The van der Waals surface area contributed by atoms with Gasteiger partial charge in [0.05, 0.1) is 63.1 Å². The summed E-state index contributed by atoms with van der Waals surface area (Å²) in [5.41, 5.74) is 0.760. The third-order valence-electron chi connectivity index (χ3n) is 9.63. The molecule has 2 aliphatic rings. The number of aromatic nitrogens is 4. The lowest BCUT2D eigenvalue weighted by atomic mass is 9.95. The van der Waals surface area contributed by atoms with Gasteiger partial charge in [-0.1, -0.05) is 24.3 Å². The minimum Gasteiger partial charge on any atom is -0.497 e. The van der Waals surface area contributed by atoms with Gasteiger partial charge in [0.2, 0.25) is 0 Å². The zero-order valence-corrected chi connectivity index (χ0v) is 35.4. The van der Waals surface area contributed by atoms with E-state index < -0.39 is 36.8 Å². The van der Waals surface area contributed by atoms with Crippen LogP contribution in [-0.2, 0) is 74.4 Å². The largest absolute Gasteiger partial charge is 0.497 e. The zero-order valence-electron chi connectivity index (χ0n) is 33.7. The van der Waals surface area contributed by atoms with Crippen LogP contribution in [0.5, 0.6) is 11.5 Å². The van der Waals surface area contributed by atoms with Gasteiger partial charge in [0.25, 0.3) is 20.0 Å². The number of hydrogen-bond donors (Lipinski definition) is 1. The van der Waals surface area contributed by atoms with Crippen molar-refractivity contribution in [1.82, 2.24) is 23.9 Å². The van der Waals surface area contributed by atoms with Crippen molar-refractivity contribution in [2.75, 3.05) is 54.9 Å². The highest BCUT2D eigenvalue weighted by molar-refractivity contribution is 7.89. The van der Waals surface area contributed by atoms with Crippen molar-refractivity contribution >= 4 is 20.0 Å². The topological polar surface area (TPSA) is 189 Å². The number of rotatable bonds is 13. The van der Waals surface area contributed by atoms with Crippen molar-refractivity contribution in [3.8, 4) is 11.5 Å². The van der Waals surface area contributed by atoms with Crippen LogP contribution < -0.4 is 14.6 Å². The predicted octanol–water partition coefficient (Wildman–Crippen LogP) is 4.08. The molecule has 4 aromatic rings. The molecule has 0 amide bonds. The van der Waals surface area contributed by atoms with Crippen molar-refractivity contribution in [2.45, 2.75) is 87.0 Å². The highest BCUT2D eigenvalue weighted by atomic mass is 32.2. The number of benzene rings is 2. The quantitative estimate of drug-likeness (QED) is 0.204. The second-order valence-corrected chi connectivity index (χ2v) is 19.2. The second kappa shape index (κ2) is 16.2. The molecule has 0 saturated carbocycles. The van der Waals surface area contributed by atoms with Gasteiger partial charge >= 0.3 is 0 Å². The molecule has 0 radical (unpaired) electrons. The molecule has 2 saturated heterocycles. The Hall–Kier alpha value is -3.88. The van der Waals surface area contributed by atoms with Gasteiger partial charge in [0.15, 0.2) is 21.3 Å². The number of nitrogens with zero attached hydrogens (tertiary/aromatic N) is 5. The maximum absolute atomic E-state index is 14.1. The third kappa shape index (κ3) is 8.97. The van der Waals surface area contributed by atoms with Gasteiger partial charge in [-0.15, -0.1) is 0 Å². The van der Waals surface area contributed by atoms with Gasteiger partial charge < -0.3 is 28.4 Å². The molecule has 2 fully saturated rings. The van der Waals surface area contributed by atoms with Crippen LogP contribution in [0.15, 0.2) is 70.7 Å². The number of ether oxygens (including phenoxy) is 6. The minimum absolute atomic E-state index is 0.0252. The van der Waals surface area contributed by atoms with Gasteiger partial charge in [-0.3, -0.25) is 9.36 Å². The van der Waals surface area contributed by atoms with Crippen LogP contribution in [0.1, 0.15) is 64.1 Å². The Bertz CT molecular complexity index is 2120. The Kier molecular flexibility index (Phi) is 12.5. The lowest BCUT2D eigenvalue weighted by Crippen LogP contribution is -2.50. The molecule has 0 atom stereocenters. The van der Waals surface area contributed by atoms with Crippen LogP contribution in [0.4, 0.5) is 0 Å². The standard InChI is InChI=1S/C27H35N3O6S.C11H19N3O4S/c1-26(2,3)30-24(27(35-6)18-36-19-27)15-25(28-30)37(31,32)29(16-20-7-11-22(33-4)12-8-20)17-21-9-13-23(34-5)14-10-21;1-10(2,3)14-8(11(17-4)6-18-7-11)5-9(13-14)19(12,15)16/h7-15H,16-19H2,1-6H3;5H,6-7H2,1-4H3,(H2,12,15,16). The molecule has 0 aliphatic carbocycles. The van der Waals surface area contributed by atoms with Crippen LogP contribution in [-0.4, -0.2) is 95.6 Å².